The van der Waals surface area contributed by atoms with E-state index in [9.17, 15) is 17.6 Å². The number of halogens is 4. The highest BCUT2D eigenvalue weighted by molar-refractivity contribution is 5.88. The molecule has 0 aliphatic rings. The maximum absolute atomic E-state index is 13.5. The van der Waals surface area contributed by atoms with Crippen LogP contribution in [-0.2, 0) is 12.6 Å². The van der Waals surface area contributed by atoms with E-state index >= 15 is 0 Å². The summed E-state index contributed by atoms with van der Waals surface area (Å²) in [5, 5.41) is 3.83. The minimum absolute atomic E-state index is 0.348. The highest BCUT2D eigenvalue weighted by atomic mass is 19.4. The Morgan fingerprint density at radius 1 is 0.800 bits per heavy atom. The van der Waals surface area contributed by atoms with Crippen LogP contribution in [0.4, 0.5) is 23.4 Å². The van der Waals surface area contributed by atoms with Gasteiger partial charge in [0.1, 0.15) is 18.0 Å². The summed E-state index contributed by atoms with van der Waals surface area (Å²) in [6.45, 7) is 0.586. The first-order chi connectivity index (χ1) is 14.4. The normalized spacial score (nSPS) is 11.6. The topological polar surface area (TPSA) is 37.8 Å². The molecule has 1 N–H and O–H groups in total. The van der Waals surface area contributed by atoms with Crippen molar-refractivity contribution in [2.75, 3.05) is 11.9 Å². The number of aromatic nitrogens is 2. The number of benzene rings is 3. The van der Waals surface area contributed by atoms with Gasteiger partial charge in [-0.05, 0) is 53.4 Å². The van der Waals surface area contributed by atoms with Crippen LogP contribution < -0.4 is 5.32 Å². The Morgan fingerprint density at radius 2 is 1.47 bits per heavy atom. The maximum Gasteiger partial charge on any atom is 0.416 e. The molecule has 152 valence electrons. The first kappa shape index (κ1) is 19.8. The predicted octanol–water partition coefficient (Wildman–Crippen LogP) is 6.11. The molecule has 4 rings (SSSR count). The summed E-state index contributed by atoms with van der Waals surface area (Å²) in [4.78, 5) is 8.31. The molecule has 0 unspecified atom stereocenters. The smallest absolute Gasteiger partial charge is 0.369 e. The zero-order valence-corrected chi connectivity index (χ0v) is 15.7. The quantitative estimate of drug-likeness (QED) is 0.403. The first-order valence-electron chi connectivity index (χ1n) is 9.31. The molecule has 0 amide bonds. The molecule has 0 saturated heterocycles. The van der Waals surface area contributed by atoms with E-state index in [1.807, 2.05) is 24.3 Å². The molecule has 0 atom stereocenters. The van der Waals surface area contributed by atoms with Crippen LogP contribution in [0, 0.1) is 5.82 Å². The molecular formula is C23H17F4N3. The third kappa shape index (κ3) is 4.40. The lowest BCUT2D eigenvalue weighted by Gasteiger charge is -2.10. The van der Waals surface area contributed by atoms with Crippen LogP contribution in [0.25, 0.3) is 22.0 Å². The Kier molecular flexibility index (Phi) is 5.35. The molecule has 1 heterocycles. The highest BCUT2D eigenvalue weighted by Gasteiger charge is 2.29. The van der Waals surface area contributed by atoms with Gasteiger partial charge in [0.05, 0.1) is 11.1 Å². The second-order valence-corrected chi connectivity index (χ2v) is 6.83. The molecule has 3 nitrogen and oxygen atoms in total. The van der Waals surface area contributed by atoms with Crippen molar-refractivity contribution < 1.29 is 17.6 Å². The zero-order valence-electron chi connectivity index (χ0n) is 15.7. The fourth-order valence-corrected chi connectivity index (χ4v) is 3.21. The highest BCUT2D eigenvalue weighted by Crippen LogP contribution is 2.31. The average molecular weight is 411 g/mol. The molecule has 1 aromatic heterocycles. The van der Waals surface area contributed by atoms with E-state index in [-0.39, 0.29) is 5.82 Å². The Bertz CT molecular complexity index is 1150. The Hall–Kier alpha value is -3.48. The monoisotopic (exact) mass is 411 g/mol. The second-order valence-electron chi connectivity index (χ2n) is 6.83. The van der Waals surface area contributed by atoms with Crippen molar-refractivity contribution in [3.05, 3.63) is 90.0 Å². The van der Waals surface area contributed by atoms with Crippen LogP contribution in [-0.4, -0.2) is 16.5 Å². The van der Waals surface area contributed by atoms with Gasteiger partial charge in [0, 0.05) is 11.9 Å². The van der Waals surface area contributed by atoms with E-state index in [0.717, 1.165) is 28.8 Å². The van der Waals surface area contributed by atoms with E-state index in [4.69, 9.17) is 0 Å². The number of anilines is 1. The molecule has 0 aliphatic heterocycles. The van der Waals surface area contributed by atoms with Gasteiger partial charge in [-0.25, -0.2) is 14.4 Å². The van der Waals surface area contributed by atoms with Crippen molar-refractivity contribution in [3.63, 3.8) is 0 Å². The number of nitrogens with zero attached hydrogens (tertiary/aromatic N) is 2. The Labute approximate surface area is 170 Å². The van der Waals surface area contributed by atoms with Gasteiger partial charge in [-0.2, -0.15) is 13.2 Å². The van der Waals surface area contributed by atoms with E-state index in [2.05, 4.69) is 15.3 Å². The summed E-state index contributed by atoms with van der Waals surface area (Å²) in [6.07, 6.45) is -2.20. The van der Waals surface area contributed by atoms with Crippen LogP contribution in [0.15, 0.2) is 73.1 Å². The number of hydrogen-bond acceptors (Lipinski definition) is 3. The minimum atomic E-state index is -4.34. The largest absolute Gasteiger partial charge is 0.416 e. The zero-order chi connectivity index (χ0) is 21.1. The minimum Gasteiger partial charge on any atom is -0.369 e. The predicted molar refractivity (Wildman–Crippen MR) is 109 cm³/mol. The number of alkyl halides is 3. The Balaban J connectivity index is 1.40. The fourth-order valence-electron chi connectivity index (χ4n) is 3.21. The number of fused-ring (bicyclic) bond motifs is 1. The van der Waals surface area contributed by atoms with Gasteiger partial charge in [0.2, 0.25) is 0 Å². The van der Waals surface area contributed by atoms with Crippen molar-refractivity contribution in [1.82, 2.24) is 9.97 Å². The van der Waals surface area contributed by atoms with E-state index in [1.54, 1.807) is 6.07 Å². The molecule has 0 aliphatic carbocycles. The van der Waals surface area contributed by atoms with E-state index in [1.165, 1.54) is 30.6 Å². The molecular weight excluding hydrogens is 394 g/mol. The summed E-state index contributed by atoms with van der Waals surface area (Å²) in [7, 11) is 0. The summed E-state index contributed by atoms with van der Waals surface area (Å²) in [5.74, 6) is 0.222. The van der Waals surface area contributed by atoms with Gasteiger partial charge in [-0.1, -0.05) is 36.4 Å². The molecule has 0 spiro atoms. The number of rotatable bonds is 5. The van der Waals surface area contributed by atoms with Gasteiger partial charge in [0.15, 0.2) is 0 Å². The van der Waals surface area contributed by atoms with E-state index in [0.29, 0.717) is 29.7 Å². The third-order valence-electron chi connectivity index (χ3n) is 4.80. The molecule has 3 aromatic carbocycles. The lowest BCUT2D eigenvalue weighted by atomic mass is 10.0. The number of nitrogens with one attached hydrogen (secondary N) is 1. The molecule has 7 heteroatoms. The van der Waals surface area contributed by atoms with Crippen molar-refractivity contribution in [1.29, 1.82) is 0 Å². The summed E-state index contributed by atoms with van der Waals surface area (Å²) in [5.41, 5.74) is 2.63. The molecule has 0 fully saturated rings. The summed E-state index contributed by atoms with van der Waals surface area (Å²) >= 11 is 0. The SMILES string of the molecule is Fc1ccc2ncnc(NCCc3ccc(-c4ccc(C(F)(F)F)cc4)cc3)c2c1. The van der Waals surface area contributed by atoms with Gasteiger partial charge in [-0.3, -0.25) is 0 Å². The molecule has 30 heavy (non-hydrogen) atoms. The molecule has 0 radical (unpaired) electrons. The van der Waals surface area contributed by atoms with Gasteiger partial charge in [-0.15, -0.1) is 0 Å². The van der Waals surface area contributed by atoms with Crippen LogP contribution in [0.3, 0.4) is 0 Å². The second kappa shape index (κ2) is 8.10. The van der Waals surface area contributed by atoms with Crippen LogP contribution in [0.1, 0.15) is 11.1 Å². The number of hydrogen-bond donors (Lipinski definition) is 1. The lowest BCUT2D eigenvalue weighted by molar-refractivity contribution is -0.137. The fraction of sp³-hybridized carbons (Fsp3) is 0.130. The molecule has 0 bridgehead atoms. The van der Waals surface area contributed by atoms with Crippen LogP contribution >= 0.6 is 0 Å². The van der Waals surface area contributed by atoms with Crippen molar-refractivity contribution >= 4 is 16.7 Å². The van der Waals surface area contributed by atoms with Gasteiger partial charge in [0.25, 0.3) is 0 Å². The van der Waals surface area contributed by atoms with Crippen molar-refractivity contribution in [2.45, 2.75) is 12.6 Å². The Morgan fingerprint density at radius 3 is 2.13 bits per heavy atom. The molecule has 4 aromatic rings. The van der Waals surface area contributed by atoms with Crippen LogP contribution in [0.5, 0.6) is 0 Å². The van der Waals surface area contributed by atoms with Crippen molar-refractivity contribution in [2.24, 2.45) is 0 Å². The first-order valence-corrected chi connectivity index (χ1v) is 9.31. The summed E-state index contributed by atoms with van der Waals surface area (Å²) < 4.78 is 51.6. The van der Waals surface area contributed by atoms with E-state index < -0.39 is 11.7 Å². The lowest BCUT2D eigenvalue weighted by Crippen LogP contribution is -2.07. The standard InChI is InChI=1S/C23H17F4N3/c24-19-9-10-21-20(13-19)22(30-14-29-21)28-12-11-15-1-3-16(4-2-15)17-5-7-18(8-6-17)23(25,26)27/h1-10,13-14H,11-12H2,(H,28,29,30). The average Bonchev–Trinajstić information content (AvgIpc) is 2.74. The van der Waals surface area contributed by atoms with Gasteiger partial charge >= 0.3 is 6.18 Å². The maximum atomic E-state index is 13.5. The van der Waals surface area contributed by atoms with Crippen molar-refractivity contribution in [3.8, 4) is 11.1 Å². The van der Waals surface area contributed by atoms with Crippen LogP contribution in [0.2, 0.25) is 0 Å². The van der Waals surface area contributed by atoms with Gasteiger partial charge < -0.3 is 5.32 Å². The third-order valence-corrected chi connectivity index (χ3v) is 4.80. The summed E-state index contributed by atoms with van der Waals surface area (Å²) in [6, 6.07) is 17.1. The molecule has 0 saturated carbocycles.